The van der Waals surface area contributed by atoms with Crippen molar-refractivity contribution < 1.29 is 0 Å². The Morgan fingerprint density at radius 1 is 1.00 bits per heavy atom. The molecule has 1 atom stereocenters. The van der Waals surface area contributed by atoms with Crippen LogP contribution in [0.4, 0.5) is 5.69 Å². The van der Waals surface area contributed by atoms with Crippen LogP contribution in [0.3, 0.4) is 0 Å². The lowest BCUT2D eigenvalue weighted by Crippen LogP contribution is -2.07. The first-order chi connectivity index (χ1) is 8.56. The monoisotopic (exact) mass is 240 g/mol. The summed E-state index contributed by atoms with van der Waals surface area (Å²) < 4.78 is 0. The lowest BCUT2D eigenvalue weighted by atomic mass is 10.0. The zero-order chi connectivity index (χ0) is 13.1. The van der Waals surface area contributed by atoms with Crippen molar-refractivity contribution in [1.82, 2.24) is 4.98 Å². The molecule has 0 aliphatic rings. The number of benzene rings is 1. The van der Waals surface area contributed by atoms with Crippen molar-refractivity contribution >= 4 is 5.69 Å². The zero-order valence-electron chi connectivity index (χ0n) is 11.5. The largest absolute Gasteiger partial charge is 0.377 e. The summed E-state index contributed by atoms with van der Waals surface area (Å²) in [5.41, 5.74) is 6.22. The van der Waals surface area contributed by atoms with Crippen LogP contribution in [0, 0.1) is 20.8 Å². The first kappa shape index (κ1) is 12.6. The minimum absolute atomic E-state index is 0.285. The fourth-order valence-corrected chi connectivity index (χ4v) is 2.00. The molecule has 0 fully saturated rings. The van der Waals surface area contributed by atoms with Gasteiger partial charge in [-0.05, 0) is 56.0 Å². The number of nitrogens with zero attached hydrogens (tertiary/aromatic N) is 1. The Hall–Kier alpha value is -1.83. The molecule has 1 aromatic carbocycles. The van der Waals surface area contributed by atoms with Crippen LogP contribution in [0.1, 0.15) is 35.2 Å². The standard InChI is InChI=1S/C16H20N2/c1-11-7-16(10-17-9-11)18-14(4)15-6-5-12(2)13(3)8-15/h5-10,14,18H,1-4H3. The number of pyridine rings is 1. The molecule has 0 amide bonds. The third kappa shape index (κ3) is 2.89. The highest BCUT2D eigenvalue weighted by molar-refractivity contribution is 5.45. The fraction of sp³-hybridized carbons (Fsp3) is 0.312. The van der Waals surface area contributed by atoms with Crippen LogP contribution >= 0.6 is 0 Å². The van der Waals surface area contributed by atoms with Crippen LogP contribution in [0.5, 0.6) is 0 Å². The van der Waals surface area contributed by atoms with Gasteiger partial charge >= 0.3 is 0 Å². The SMILES string of the molecule is Cc1cncc(NC(C)c2ccc(C)c(C)c2)c1. The number of aromatic nitrogens is 1. The van der Waals surface area contributed by atoms with E-state index >= 15 is 0 Å². The van der Waals surface area contributed by atoms with E-state index in [2.05, 4.69) is 62.3 Å². The highest BCUT2D eigenvalue weighted by atomic mass is 14.9. The Balaban J connectivity index is 2.16. The number of rotatable bonds is 3. The molecule has 18 heavy (non-hydrogen) atoms. The predicted octanol–water partition coefficient (Wildman–Crippen LogP) is 4.18. The molecule has 2 nitrogen and oxygen atoms in total. The lowest BCUT2D eigenvalue weighted by Gasteiger charge is -2.17. The second-order valence-corrected chi connectivity index (χ2v) is 4.96. The second kappa shape index (κ2) is 5.21. The third-order valence-corrected chi connectivity index (χ3v) is 3.29. The van der Waals surface area contributed by atoms with Crippen molar-refractivity contribution in [3.8, 4) is 0 Å². The molecule has 0 saturated carbocycles. The molecule has 94 valence electrons. The molecule has 0 spiro atoms. The van der Waals surface area contributed by atoms with Gasteiger partial charge in [-0.3, -0.25) is 4.98 Å². The van der Waals surface area contributed by atoms with E-state index in [0.717, 1.165) is 5.69 Å². The predicted molar refractivity (Wildman–Crippen MR) is 76.9 cm³/mol. The van der Waals surface area contributed by atoms with Gasteiger partial charge in [0.05, 0.1) is 5.69 Å². The molecule has 2 heteroatoms. The van der Waals surface area contributed by atoms with Gasteiger partial charge in [-0.25, -0.2) is 0 Å². The minimum atomic E-state index is 0.285. The molecule has 0 radical (unpaired) electrons. The van der Waals surface area contributed by atoms with Crippen molar-refractivity contribution in [2.75, 3.05) is 5.32 Å². The average molecular weight is 240 g/mol. The van der Waals surface area contributed by atoms with Gasteiger partial charge in [0.25, 0.3) is 0 Å². The summed E-state index contributed by atoms with van der Waals surface area (Å²) in [7, 11) is 0. The van der Waals surface area contributed by atoms with Crippen molar-refractivity contribution in [3.05, 3.63) is 58.9 Å². The Bertz CT molecular complexity index is 547. The Labute approximate surface area is 109 Å². The molecule has 0 aliphatic carbocycles. The van der Waals surface area contributed by atoms with E-state index in [-0.39, 0.29) is 6.04 Å². The molecule has 0 aliphatic heterocycles. The van der Waals surface area contributed by atoms with Crippen molar-refractivity contribution in [1.29, 1.82) is 0 Å². The smallest absolute Gasteiger partial charge is 0.0534 e. The van der Waals surface area contributed by atoms with Crippen LogP contribution in [0.25, 0.3) is 0 Å². The van der Waals surface area contributed by atoms with E-state index in [0.29, 0.717) is 0 Å². The van der Waals surface area contributed by atoms with Gasteiger partial charge in [0, 0.05) is 18.4 Å². The van der Waals surface area contributed by atoms with Crippen LogP contribution in [0.2, 0.25) is 0 Å². The fourth-order valence-electron chi connectivity index (χ4n) is 2.00. The highest BCUT2D eigenvalue weighted by Crippen LogP contribution is 2.21. The maximum Gasteiger partial charge on any atom is 0.0534 e. The summed E-state index contributed by atoms with van der Waals surface area (Å²) in [5, 5.41) is 3.48. The quantitative estimate of drug-likeness (QED) is 0.870. The van der Waals surface area contributed by atoms with Gasteiger partial charge < -0.3 is 5.32 Å². The summed E-state index contributed by atoms with van der Waals surface area (Å²) >= 11 is 0. The Morgan fingerprint density at radius 2 is 1.78 bits per heavy atom. The van der Waals surface area contributed by atoms with Crippen molar-refractivity contribution in [2.24, 2.45) is 0 Å². The number of anilines is 1. The summed E-state index contributed by atoms with van der Waals surface area (Å²) in [4.78, 5) is 4.20. The van der Waals surface area contributed by atoms with Crippen molar-refractivity contribution in [3.63, 3.8) is 0 Å². The molecule has 1 aromatic heterocycles. The van der Waals surface area contributed by atoms with Gasteiger partial charge in [0.1, 0.15) is 0 Å². The van der Waals surface area contributed by atoms with Crippen LogP contribution < -0.4 is 5.32 Å². The van der Waals surface area contributed by atoms with Gasteiger partial charge in [-0.1, -0.05) is 18.2 Å². The molecule has 2 aromatic rings. The van der Waals surface area contributed by atoms with Crippen LogP contribution in [-0.4, -0.2) is 4.98 Å². The molecule has 1 unspecified atom stereocenters. The lowest BCUT2D eigenvalue weighted by molar-refractivity contribution is 0.879. The summed E-state index contributed by atoms with van der Waals surface area (Å²) in [6.45, 7) is 8.52. The average Bonchev–Trinajstić information content (AvgIpc) is 2.32. The molecule has 0 bridgehead atoms. The van der Waals surface area contributed by atoms with Crippen molar-refractivity contribution in [2.45, 2.75) is 33.7 Å². The van der Waals surface area contributed by atoms with Gasteiger partial charge in [0.2, 0.25) is 0 Å². The molecule has 2 rings (SSSR count). The van der Waals surface area contributed by atoms with E-state index in [1.165, 1.54) is 22.3 Å². The molecular formula is C16H20N2. The number of hydrogen-bond donors (Lipinski definition) is 1. The number of nitrogens with one attached hydrogen (secondary N) is 1. The van der Waals surface area contributed by atoms with E-state index in [1.54, 1.807) is 0 Å². The van der Waals surface area contributed by atoms with Gasteiger partial charge in [0.15, 0.2) is 0 Å². The first-order valence-corrected chi connectivity index (χ1v) is 6.31. The van der Waals surface area contributed by atoms with Gasteiger partial charge in [-0.15, -0.1) is 0 Å². The van der Waals surface area contributed by atoms with E-state index < -0.39 is 0 Å². The maximum atomic E-state index is 4.20. The number of hydrogen-bond acceptors (Lipinski definition) is 2. The van der Waals surface area contributed by atoms with E-state index in [4.69, 9.17) is 0 Å². The van der Waals surface area contributed by atoms with Crippen LogP contribution in [-0.2, 0) is 0 Å². The summed E-state index contributed by atoms with van der Waals surface area (Å²) in [6, 6.07) is 9.01. The maximum absolute atomic E-state index is 4.20. The summed E-state index contributed by atoms with van der Waals surface area (Å²) in [5.74, 6) is 0. The molecule has 1 N–H and O–H groups in total. The third-order valence-electron chi connectivity index (χ3n) is 3.29. The minimum Gasteiger partial charge on any atom is -0.377 e. The highest BCUT2D eigenvalue weighted by Gasteiger charge is 2.06. The Morgan fingerprint density at radius 3 is 2.44 bits per heavy atom. The normalized spacial score (nSPS) is 12.2. The molecule has 0 saturated heterocycles. The Kier molecular flexibility index (Phi) is 3.66. The zero-order valence-corrected chi connectivity index (χ0v) is 11.5. The summed E-state index contributed by atoms with van der Waals surface area (Å²) in [6.07, 6.45) is 3.73. The first-order valence-electron chi connectivity index (χ1n) is 6.31. The van der Waals surface area contributed by atoms with E-state index in [1.807, 2.05) is 12.4 Å². The molecule has 1 heterocycles. The van der Waals surface area contributed by atoms with E-state index in [9.17, 15) is 0 Å². The molecular weight excluding hydrogens is 220 g/mol. The second-order valence-electron chi connectivity index (χ2n) is 4.96. The number of aryl methyl sites for hydroxylation is 3. The van der Waals surface area contributed by atoms with Gasteiger partial charge in [-0.2, -0.15) is 0 Å². The topological polar surface area (TPSA) is 24.9 Å². The van der Waals surface area contributed by atoms with Crippen LogP contribution in [0.15, 0.2) is 36.7 Å².